The van der Waals surface area contributed by atoms with E-state index in [4.69, 9.17) is 5.21 Å². The van der Waals surface area contributed by atoms with Crippen LogP contribution in [0.3, 0.4) is 0 Å². The highest BCUT2D eigenvalue weighted by Gasteiger charge is 2.13. The van der Waals surface area contributed by atoms with Gasteiger partial charge < -0.3 is 9.72 Å². The fraction of sp³-hybridized carbons (Fsp3) is 0.500. The predicted molar refractivity (Wildman–Crippen MR) is 86.2 cm³/mol. The standard InChI is InChI=1S/C16H24N4O2/c1-3-5-6-7-13-16(17-11-15(21)19-22)18-14-10-12(4-2)8-9-20(13)14/h8-10,17,22H,3-7,11H2,1-2H3,(H,19,21). The molecule has 6 heteroatoms. The number of aryl methyl sites for hydroxylation is 2. The number of rotatable bonds is 8. The molecule has 2 rings (SSSR count). The molecule has 2 aromatic heterocycles. The molecule has 3 N–H and O–H groups in total. The van der Waals surface area contributed by atoms with E-state index in [1.165, 1.54) is 5.56 Å². The zero-order valence-electron chi connectivity index (χ0n) is 13.2. The maximum atomic E-state index is 11.2. The van der Waals surface area contributed by atoms with Gasteiger partial charge in [-0.15, -0.1) is 0 Å². The molecule has 2 aromatic rings. The van der Waals surface area contributed by atoms with Crippen molar-refractivity contribution in [3.8, 4) is 0 Å². The van der Waals surface area contributed by atoms with Crippen LogP contribution in [0.25, 0.3) is 5.65 Å². The van der Waals surface area contributed by atoms with Crippen LogP contribution in [0.4, 0.5) is 5.82 Å². The van der Waals surface area contributed by atoms with Gasteiger partial charge in [0.15, 0.2) is 0 Å². The van der Waals surface area contributed by atoms with Gasteiger partial charge in [0.2, 0.25) is 0 Å². The lowest BCUT2D eigenvalue weighted by molar-refractivity contribution is -0.127. The Morgan fingerprint density at radius 1 is 1.36 bits per heavy atom. The van der Waals surface area contributed by atoms with Crippen molar-refractivity contribution in [1.82, 2.24) is 14.9 Å². The summed E-state index contributed by atoms with van der Waals surface area (Å²) in [5, 5.41) is 11.6. The second-order valence-electron chi connectivity index (χ2n) is 5.37. The van der Waals surface area contributed by atoms with Crippen LogP contribution in [0.15, 0.2) is 18.3 Å². The molecule has 1 amide bonds. The minimum Gasteiger partial charge on any atom is -0.359 e. The summed E-state index contributed by atoms with van der Waals surface area (Å²) in [6.45, 7) is 4.29. The Labute approximate surface area is 130 Å². The Balaban J connectivity index is 2.29. The fourth-order valence-electron chi connectivity index (χ4n) is 2.48. The lowest BCUT2D eigenvalue weighted by Crippen LogP contribution is -2.27. The molecule has 2 heterocycles. The minimum absolute atomic E-state index is 0.00178. The molecule has 22 heavy (non-hydrogen) atoms. The largest absolute Gasteiger partial charge is 0.359 e. The number of carbonyl (C=O) groups is 1. The maximum absolute atomic E-state index is 11.2. The Morgan fingerprint density at radius 3 is 2.86 bits per heavy atom. The molecule has 0 radical (unpaired) electrons. The van der Waals surface area contributed by atoms with Gasteiger partial charge in [-0.3, -0.25) is 10.0 Å². The minimum atomic E-state index is -0.481. The molecular weight excluding hydrogens is 280 g/mol. The van der Waals surface area contributed by atoms with E-state index in [-0.39, 0.29) is 6.54 Å². The third-order valence-electron chi connectivity index (χ3n) is 3.76. The van der Waals surface area contributed by atoms with E-state index in [0.29, 0.717) is 5.82 Å². The van der Waals surface area contributed by atoms with Gasteiger partial charge in [-0.25, -0.2) is 10.5 Å². The number of nitrogens with one attached hydrogen (secondary N) is 2. The predicted octanol–water partition coefficient (Wildman–Crippen LogP) is 2.55. The molecule has 0 bridgehead atoms. The van der Waals surface area contributed by atoms with Crippen molar-refractivity contribution in [2.24, 2.45) is 0 Å². The molecule has 6 nitrogen and oxygen atoms in total. The van der Waals surface area contributed by atoms with E-state index >= 15 is 0 Å². The zero-order valence-corrected chi connectivity index (χ0v) is 13.2. The van der Waals surface area contributed by atoms with Crippen LogP contribution in [0.2, 0.25) is 0 Å². The Bertz CT molecular complexity index is 636. The van der Waals surface area contributed by atoms with Crippen molar-refractivity contribution < 1.29 is 10.0 Å². The summed E-state index contributed by atoms with van der Waals surface area (Å²) in [4.78, 5) is 15.8. The summed E-state index contributed by atoms with van der Waals surface area (Å²) in [5.74, 6) is 0.235. The normalized spacial score (nSPS) is 10.9. The van der Waals surface area contributed by atoms with E-state index < -0.39 is 5.91 Å². The van der Waals surface area contributed by atoms with Crippen molar-refractivity contribution in [2.45, 2.75) is 46.0 Å². The molecule has 0 unspecified atom stereocenters. The summed E-state index contributed by atoms with van der Waals surface area (Å²) in [5.41, 5.74) is 4.82. The molecule has 0 atom stereocenters. The van der Waals surface area contributed by atoms with Gasteiger partial charge in [0.05, 0.1) is 12.2 Å². The number of pyridine rings is 1. The van der Waals surface area contributed by atoms with Crippen molar-refractivity contribution >= 4 is 17.4 Å². The van der Waals surface area contributed by atoms with Crippen molar-refractivity contribution in [3.63, 3.8) is 0 Å². The topological polar surface area (TPSA) is 78.7 Å². The van der Waals surface area contributed by atoms with Crippen LogP contribution in [0.1, 0.15) is 44.4 Å². The van der Waals surface area contributed by atoms with Crippen molar-refractivity contribution in [1.29, 1.82) is 0 Å². The van der Waals surface area contributed by atoms with Gasteiger partial charge in [0, 0.05) is 6.20 Å². The number of carbonyl (C=O) groups excluding carboxylic acids is 1. The van der Waals surface area contributed by atoms with E-state index in [2.05, 4.69) is 40.7 Å². The lowest BCUT2D eigenvalue weighted by Gasteiger charge is -2.07. The number of nitrogens with zero attached hydrogens (tertiary/aromatic N) is 2. The number of unbranched alkanes of at least 4 members (excludes halogenated alkanes) is 2. The van der Waals surface area contributed by atoms with Gasteiger partial charge in [-0.2, -0.15) is 0 Å². The monoisotopic (exact) mass is 304 g/mol. The molecular formula is C16H24N4O2. The van der Waals surface area contributed by atoms with Gasteiger partial charge in [0.25, 0.3) is 5.91 Å². The molecule has 0 aliphatic carbocycles. The Kier molecular flexibility index (Phi) is 5.77. The smallest absolute Gasteiger partial charge is 0.262 e. The quantitative estimate of drug-likeness (QED) is 0.398. The Hall–Kier alpha value is -2.08. The maximum Gasteiger partial charge on any atom is 0.262 e. The van der Waals surface area contributed by atoms with E-state index in [1.54, 1.807) is 5.48 Å². The molecule has 0 aromatic carbocycles. The van der Waals surface area contributed by atoms with E-state index in [0.717, 1.165) is 43.4 Å². The first-order chi connectivity index (χ1) is 10.7. The summed E-state index contributed by atoms with van der Waals surface area (Å²) in [7, 11) is 0. The number of fused-ring (bicyclic) bond motifs is 1. The summed E-state index contributed by atoms with van der Waals surface area (Å²) >= 11 is 0. The first-order valence-electron chi connectivity index (χ1n) is 7.86. The zero-order chi connectivity index (χ0) is 15.9. The van der Waals surface area contributed by atoms with Crippen molar-refractivity contribution in [2.75, 3.05) is 11.9 Å². The van der Waals surface area contributed by atoms with Crippen molar-refractivity contribution in [3.05, 3.63) is 29.6 Å². The van der Waals surface area contributed by atoms with Gasteiger partial charge >= 0.3 is 0 Å². The number of hydroxylamine groups is 1. The number of imidazole rings is 1. The third-order valence-corrected chi connectivity index (χ3v) is 3.76. The SMILES string of the molecule is CCCCCc1c(NCC(=O)NO)nc2cc(CC)ccn12. The first-order valence-corrected chi connectivity index (χ1v) is 7.86. The molecule has 0 saturated heterocycles. The van der Waals surface area contributed by atoms with Crippen LogP contribution in [0.5, 0.6) is 0 Å². The molecule has 0 saturated carbocycles. The highest BCUT2D eigenvalue weighted by molar-refractivity contribution is 5.79. The van der Waals surface area contributed by atoms with E-state index in [9.17, 15) is 4.79 Å². The van der Waals surface area contributed by atoms with Gasteiger partial charge in [0.1, 0.15) is 11.5 Å². The number of hydrogen-bond donors (Lipinski definition) is 3. The number of aromatic nitrogens is 2. The van der Waals surface area contributed by atoms with E-state index in [1.807, 2.05) is 6.20 Å². The highest BCUT2D eigenvalue weighted by Crippen LogP contribution is 2.21. The summed E-state index contributed by atoms with van der Waals surface area (Å²) < 4.78 is 2.08. The highest BCUT2D eigenvalue weighted by atomic mass is 16.5. The number of hydrogen-bond acceptors (Lipinski definition) is 4. The average molecular weight is 304 g/mol. The molecule has 0 aliphatic heterocycles. The van der Waals surface area contributed by atoms with Crippen LogP contribution in [-0.2, 0) is 17.6 Å². The summed E-state index contributed by atoms with van der Waals surface area (Å²) in [6, 6.07) is 4.17. The molecule has 0 fully saturated rings. The Morgan fingerprint density at radius 2 is 2.18 bits per heavy atom. The molecule has 120 valence electrons. The van der Waals surface area contributed by atoms with Gasteiger partial charge in [-0.05, 0) is 37.0 Å². The molecule has 0 aliphatic rings. The number of anilines is 1. The lowest BCUT2D eigenvalue weighted by atomic mass is 10.1. The van der Waals surface area contributed by atoms with Crippen LogP contribution < -0.4 is 10.8 Å². The fourth-order valence-corrected chi connectivity index (χ4v) is 2.48. The third kappa shape index (κ3) is 3.76. The molecule has 0 spiro atoms. The second kappa shape index (κ2) is 7.79. The van der Waals surface area contributed by atoms with Crippen LogP contribution in [0, 0.1) is 0 Å². The first kappa shape index (κ1) is 16.3. The average Bonchev–Trinajstić information content (AvgIpc) is 2.89. The summed E-state index contributed by atoms with van der Waals surface area (Å²) in [6.07, 6.45) is 7.32. The van der Waals surface area contributed by atoms with Crippen LogP contribution in [-0.4, -0.2) is 27.0 Å². The van der Waals surface area contributed by atoms with Gasteiger partial charge in [-0.1, -0.05) is 26.7 Å². The second-order valence-corrected chi connectivity index (χ2v) is 5.37. The van der Waals surface area contributed by atoms with Crippen LogP contribution >= 0.6 is 0 Å². The number of amides is 1.